The van der Waals surface area contributed by atoms with Crippen LogP contribution in [-0.2, 0) is 23.8 Å². The Morgan fingerprint density at radius 1 is 1.12 bits per heavy atom. The molecule has 0 saturated carbocycles. The van der Waals surface area contributed by atoms with Crippen molar-refractivity contribution in [3.05, 3.63) is 47.8 Å². The van der Waals surface area contributed by atoms with Crippen LogP contribution in [0.4, 0.5) is 0 Å². The molecule has 2 heterocycles. The van der Waals surface area contributed by atoms with Gasteiger partial charge in [0.2, 0.25) is 11.8 Å². The standard InChI is InChI=1S/C27H43N3O4.C6H12O.CH4O/c1-17(7-10-23-15-18(2)13-14-33-23)8-11-25-20(4)16-24(21(5)34-25)30-26(32)12-9-19(3)27(28)29-22(6)31;1-4-5-6(2)7-3;1-2/h7-10,12,18-21,23-25H,11,13-16H2,1-6H3,(H,30,32)(H2,28,29,31);5H,4H2,1-3H3;2H,1H3/b10-7+,12-9-,17-8+;6-5-;. The molecule has 0 aromatic carbocycles. The van der Waals surface area contributed by atoms with E-state index in [4.69, 9.17) is 25.1 Å². The molecule has 0 aromatic heterocycles. The number of nitrogens with two attached hydrogens (primary N) is 1. The van der Waals surface area contributed by atoms with Crippen LogP contribution in [0.25, 0.3) is 0 Å². The molecule has 2 saturated heterocycles. The summed E-state index contributed by atoms with van der Waals surface area (Å²) >= 11 is 0. The maximum Gasteiger partial charge on any atom is 0.244 e. The summed E-state index contributed by atoms with van der Waals surface area (Å²) in [4.78, 5) is 27.2. The monoisotopic (exact) mass is 605 g/mol. The molecule has 2 aliphatic rings. The van der Waals surface area contributed by atoms with Gasteiger partial charge >= 0.3 is 0 Å². The fourth-order valence-electron chi connectivity index (χ4n) is 4.69. The summed E-state index contributed by atoms with van der Waals surface area (Å²) in [7, 11) is 2.68. The van der Waals surface area contributed by atoms with Crippen molar-refractivity contribution >= 4 is 17.6 Å². The van der Waals surface area contributed by atoms with Gasteiger partial charge in [-0.15, -0.1) is 0 Å². The minimum Gasteiger partial charge on any atom is -0.502 e. The summed E-state index contributed by atoms with van der Waals surface area (Å²) < 4.78 is 16.9. The van der Waals surface area contributed by atoms with Crippen molar-refractivity contribution < 1.29 is 28.9 Å². The molecule has 4 N–H and O–H groups in total. The molecule has 43 heavy (non-hydrogen) atoms. The van der Waals surface area contributed by atoms with Crippen LogP contribution in [-0.4, -0.2) is 67.9 Å². The Morgan fingerprint density at radius 3 is 2.35 bits per heavy atom. The van der Waals surface area contributed by atoms with Gasteiger partial charge in [0.05, 0.1) is 37.2 Å². The first-order valence-corrected chi connectivity index (χ1v) is 15.5. The van der Waals surface area contributed by atoms with E-state index in [1.807, 2.05) is 19.9 Å². The number of aliphatic hydroxyl groups excluding tert-OH is 1. The highest BCUT2D eigenvalue weighted by molar-refractivity contribution is 5.95. The Bertz CT molecular complexity index is 971. The first-order valence-electron chi connectivity index (χ1n) is 15.5. The molecule has 9 heteroatoms. The molecular formula is C34H59N3O6. The van der Waals surface area contributed by atoms with Crippen LogP contribution in [0, 0.1) is 17.8 Å². The van der Waals surface area contributed by atoms with E-state index in [1.165, 1.54) is 18.6 Å². The topological polar surface area (TPSA) is 132 Å². The van der Waals surface area contributed by atoms with Crippen LogP contribution in [0.2, 0.25) is 0 Å². The Hall–Kier alpha value is -2.75. The van der Waals surface area contributed by atoms with Gasteiger partial charge in [0.15, 0.2) is 0 Å². The third-order valence-corrected chi connectivity index (χ3v) is 7.47. The quantitative estimate of drug-likeness (QED) is 0.0965. The van der Waals surface area contributed by atoms with Crippen molar-refractivity contribution in [2.45, 2.75) is 112 Å². The summed E-state index contributed by atoms with van der Waals surface area (Å²) in [6.07, 6.45) is 16.9. The van der Waals surface area contributed by atoms with Gasteiger partial charge in [-0.2, -0.15) is 0 Å². The molecule has 7 unspecified atom stereocenters. The minimum atomic E-state index is -0.354. The van der Waals surface area contributed by atoms with Crippen LogP contribution >= 0.6 is 0 Å². The lowest BCUT2D eigenvalue weighted by molar-refractivity contribution is -0.123. The molecule has 0 bridgehead atoms. The maximum atomic E-state index is 12.4. The van der Waals surface area contributed by atoms with E-state index in [9.17, 15) is 9.59 Å². The summed E-state index contributed by atoms with van der Waals surface area (Å²) in [6, 6.07) is -0.0580. The Kier molecular flexibility index (Phi) is 21.3. The summed E-state index contributed by atoms with van der Waals surface area (Å²) in [5, 5.41) is 10.0. The SMILES string of the molecule is CC(=O)N=C(N)C(C)/C=C\C(=O)NC1CC(C)C(C/C=C(C)/C=C/C2CC(C)CCO2)OC1C.CC/C=C(/C)OC.CO. The number of aliphatic hydroxyl groups is 1. The lowest BCUT2D eigenvalue weighted by Gasteiger charge is -2.39. The molecule has 2 rings (SSSR count). The van der Waals surface area contributed by atoms with Gasteiger partial charge in [-0.25, -0.2) is 4.99 Å². The molecule has 0 radical (unpaired) electrons. The number of amides is 2. The molecular weight excluding hydrogens is 546 g/mol. The summed E-state index contributed by atoms with van der Waals surface area (Å²) in [5.74, 6) is 1.38. The van der Waals surface area contributed by atoms with E-state index in [0.29, 0.717) is 5.92 Å². The number of carbonyl (C=O) groups is 2. The number of nitrogens with one attached hydrogen (secondary N) is 1. The summed E-state index contributed by atoms with van der Waals surface area (Å²) in [5.41, 5.74) is 6.98. The van der Waals surface area contributed by atoms with E-state index in [1.54, 1.807) is 20.1 Å². The molecule has 2 amide bonds. The molecule has 7 atom stereocenters. The minimum absolute atomic E-state index is 0.0580. The zero-order valence-electron chi connectivity index (χ0n) is 28.3. The second-order valence-electron chi connectivity index (χ2n) is 11.4. The van der Waals surface area contributed by atoms with Gasteiger partial charge < -0.3 is 30.4 Å². The zero-order valence-corrected chi connectivity index (χ0v) is 28.3. The molecule has 246 valence electrons. The van der Waals surface area contributed by atoms with E-state index < -0.39 is 0 Å². The van der Waals surface area contributed by atoms with Crippen LogP contribution in [0.1, 0.15) is 87.5 Å². The number of nitrogens with zero attached hydrogens (tertiary/aromatic N) is 1. The molecule has 0 aromatic rings. The van der Waals surface area contributed by atoms with E-state index >= 15 is 0 Å². The van der Waals surface area contributed by atoms with E-state index in [0.717, 1.165) is 57.5 Å². The van der Waals surface area contributed by atoms with Crippen LogP contribution in [0.15, 0.2) is 52.8 Å². The molecule has 2 aliphatic heterocycles. The van der Waals surface area contributed by atoms with Crippen LogP contribution < -0.4 is 11.1 Å². The fourth-order valence-corrected chi connectivity index (χ4v) is 4.69. The van der Waals surface area contributed by atoms with Gasteiger partial charge in [-0.1, -0.05) is 57.6 Å². The number of methoxy groups -OCH3 is 1. The average molecular weight is 606 g/mol. The third kappa shape index (κ3) is 17.8. The van der Waals surface area contributed by atoms with Crippen molar-refractivity contribution in [3.63, 3.8) is 0 Å². The van der Waals surface area contributed by atoms with E-state index in [-0.39, 0.29) is 47.9 Å². The van der Waals surface area contributed by atoms with Crippen molar-refractivity contribution in [1.29, 1.82) is 0 Å². The number of allylic oxidation sites excluding steroid dienone is 4. The van der Waals surface area contributed by atoms with Gasteiger partial charge in [-0.05, 0) is 76.9 Å². The van der Waals surface area contributed by atoms with Gasteiger partial charge in [-0.3, -0.25) is 9.59 Å². The number of hydrogen-bond donors (Lipinski definition) is 3. The highest BCUT2D eigenvalue weighted by Crippen LogP contribution is 2.28. The maximum absolute atomic E-state index is 12.4. The van der Waals surface area contributed by atoms with Gasteiger partial charge in [0.25, 0.3) is 0 Å². The second-order valence-corrected chi connectivity index (χ2v) is 11.4. The molecule has 0 aliphatic carbocycles. The number of carbonyl (C=O) groups excluding carboxylic acids is 2. The molecule has 9 nitrogen and oxygen atoms in total. The van der Waals surface area contributed by atoms with Crippen molar-refractivity contribution in [1.82, 2.24) is 5.32 Å². The lowest BCUT2D eigenvalue weighted by Crippen LogP contribution is -2.50. The van der Waals surface area contributed by atoms with Crippen molar-refractivity contribution in [2.75, 3.05) is 20.8 Å². The van der Waals surface area contributed by atoms with Crippen LogP contribution in [0.3, 0.4) is 0 Å². The van der Waals surface area contributed by atoms with Crippen molar-refractivity contribution in [2.24, 2.45) is 28.5 Å². The third-order valence-electron chi connectivity index (χ3n) is 7.47. The first-order chi connectivity index (χ1) is 20.4. The van der Waals surface area contributed by atoms with Crippen LogP contribution in [0.5, 0.6) is 0 Å². The van der Waals surface area contributed by atoms with E-state index in [2.05, 4.69) is 56.2 Å². The average Bonchev–Trinajstić information content (AvgIpc) is 2.97. The smallest absolute Gasteiger partial charge is 0.244 e. The number of ether oxygens (including phenoxy) is 3. The fraction of sp³-hybridized carbons (Fsp3) is 0.676. The summed E-state index contributed by atoms with van der Waals surface area (Å²) in [6.45, 7) is 16.6. The number of rotatable bonds is 10. The van der Waals surface area contributed by atoms with Gasteiger partial charge in [0, 0.05) is 26.6 Å². The molecule has 2 fully saturated rings. The Balaban J connectivity index is 0.00000171. The first kappa shape index (κ1) is 40.2. The highest BCUT2D eigenvalue weighted by Gasteiger charge is 2.33. The largest absolute Gasteiger partial charge is 0.502 e. The Morgan fingerprint density at radius 2 is 1.79 bits per heavy atom. The number of aliphatic imine (C=N–C) groups is 1. The lowest BCUT2D eigenvalue weighted by atomic mass is 9.88. The zero-order chi connectivity index (χ0) is 32.9. The molecule has 0 spiro atoms. The predicted octanol–water partition coefficient (Wildman–Crippen LogP) is 5.64. The van der Waals surface area contributed by atoms with Crippen molar-refractivity contribution in [3.8, 4) is 0 Å². The number of hydrogen-bond acceptors (Lipinski definition) is 6. The predicted molar refractivity (Wildman–Crippen MR) is 176 cm³/mol. The highest BCUT2D eigenvalue weighted by atomic mass is 16.5. The normalized spacial score (nSPS) is 27.5. The Labute approximate surface area is 260 Å². The second kappa shape index (κ2) is 22.7. The number of amidine groups is 1. The van der Waals surface area contributed by atoms with Gasteiger partial charge in [0.1, 0.15) is 5.84 Å².